The summed E-state index contributed by atoms with van der Waals surface area (Å²) in [5.41, 5.74) is 8.12. The van der Waals surface area contributed by atoms with Gasteiger partial charge in [-0.3, -0.25) is 5.10 Å². The van der Waals surface area contributed by atoms with Crippen LogP contribution in [0.15, 0.2) is 0 Å². The summed E-state index contributed by atoms with van der Waals surface area (Å²) in [6.07, 6.45) is 3.69. The fraction of sp³-hybridized carbons (Fsp3) is 0.636. The van der Waals surface area contributed by atoms with Gasteiger partial charge in [-0.05, 0) is 25.7 Å². The molecule has 1 aromatic heterocycles. The second kappa shape index (κ2) is 3.07. The van der Waals surface area contributed by atoms with E-state index in [0.717, 1.165) is 36.2 Å². The number of H-pyrrole nitrogens is 1. The lowest BCUT2D eigenvalue weighted by Crippen LogP contribution is -2.44. The SMILES string of the molecule is COC(=O)C1(N)CCc2[nH]nc(C3CC3)c21. The second-order valence-electron chi connectivity index (χ2n) is 4.70. The first-order chi connectivity index (χ1) is 7.66. The van der Waals surface area contributed by atoms with Crippen LogP contribution in [0.1, 0.15) is 42.1 Å². The molecule has 0 bridgehead atoms. The largest absolute Gasteiger partial charge is 0.467 e. The van der Waals surface area contributed by atoms with E-state index in [1.54, 1.807) is 0 Å². The standard InChI is InChI=1S/C11H15N3O2/c1-16-10(15)11(12)5-4-7-8(11)9(14-13-7)6-2-3-6/h6H,2-5,12H2,1H3,(H,13,14). The summed E-state index contributed by atoms with van der Waals surface area (Å²) in [6.45, 7) is 0. The molecule has 1 unspecified atom stereocenters. The van der Waals surface area contributed by atoms with Crippen molar-refractivity contribution in [2.75, 3.05) is 7.11 Å². The zero-order chi connectivity index (χ0) is 11.3. The normalized spacial score (nSPS) is 27.9. The minimum atomic E-state index is -0.977. The molecule has 2 aliphatic carbocycles. The number of rotatable bonds is 2. The lowest BCUT2D eigenvalue weighted by atomic mass is 9.91. The molecular weight excluding hydrogens is 206 g/mol. The highest BCUT2D eigenvalue weighted by molar-refractivity contribution is 5.84. The van der Waals surface area contributed by atoms with Gasteiger partial charge in [-0.2, -0.15) is 5.10 Å². The number of hydrogen-bond donors (Lipinski definition) is 2. The van der Waals surface area contributed by atoms with Crippen LogP contribution in [0.4, 0.5) is 0 Å². The van der Waals surface area contributed by atoms with Crippen LogP contribution >= 0.6 is 0 Å². The number of hydrogen-bond acceptors (Lipinski definition) is 4. The van der Waals surface area contributed by atoms with Crippen LogP contribution in [0.25, 0.3) is 0 Å². The third kappa shape index (κ3) is 1.15. The maximum Gasteiger partial charge on any atom is 0.330 e. The number of nitrogens with one attached hydrogen (secondary N) is 1. The number of aromatic nitrogens is 2. The van der Waals surface area contributed by atoms with E-state index < -0.39 is 5.54 Å². The smallest absolute Gasteiger partial charge is 0.330 e. The fourth-order valence-electron chi connectivity index (χ4n) is 2.56. The molecule has 0 amide bonds. The van der Waals surface area contributed by atoms with E-state index in [-0.39, 0.29) is 5.97 Å². The van der Waals surface area contributed by atoms with E-state index in [1.807, 2.05) is 0 Å². The minimum absolute atomic E-state index is 0.352. The number of methoxy groups -OCH3 is 1. The predicted molar refractivity (Wildman–Crippen MR) is 56.8 cm³/mol. The van der Waals surface area contributed by atoms with E-state index in [4.69, 9.17) is 10.5 Å². The van der Waals surface area contributed by atoms with Crippen LogP contribution in [-0.2, 0) is 21.5 Å². The monoisotopic (exact) mass is 221 g/mol. The fourth-order valence-corrected chi connectivity index (χ4v) is 2.56. The van der Waals surface area contributed by atoms with Crippen molar-refractivity contribution in [2.24, 2.45) is 5.73 Å². The zero-order valence-electron chi connectivity index (χ0n) is 9.25. The molecule has 1 fully saturated rings. The second-order valence-corrected chi connectivity index (χ2v) is 4.70. The Morgan fingerprint density at radius 3 is 3.00 bits per heavy atom. The molecule has 2 aliphatic rings. The maximum absolute atomic E-state index is 11.8. The molecule has 0 aliphatic heterocycles. The van der Waals surface area contributed by atoms with Gasteiger partial charge in [0, 0.05) is 17.2 Å². The maximum atomic E-state index is 11.8. The number of esters is 1. The molecule has 0 spiro atoms. The van der Waals surface area contributed by atoms with Crippen LogP contribution in [0.3, 0.4) is 0 Å². The molecule has 5 nitrogen and oxygen atoms in total. The van der Waals surface area contributed by atoms with Crippen molar-refractivity contribution in [1.82, 2.24) is 10.2 Å². The number of nitrogens with two attached hydrogens (primary N) is 1. The van der Waals surface area contributed by atoms with Gasteiger partial charge in [0.05, 0.1) is 12.8 Å². The summed E-state index contributed by atoms with van der Waals surface area (Å²) < 4.78 is 4.81. The Balaban J connectivity index is 2.08. The van der Waals surface area contributed by atoms with Gasteiger partial charge in [0.15, 0.2) is 0 Å². The molecule has 5 heteroatoms. The molecule has 0 radical (unpaired) electrons. The summed E-state index contributed by atoms with van der Waals surface area (Å²) in [7, 11) is 1.38. The predicted octanol–water partition coefficient (Wildman–Crippen LogP) is 0.560. The summed E-state index contributed by atoms with van der Waals surface area (Å²) in [4.78, 5) is 11.8. The third-order valence-corrected chi connectivity index (χ3v) is 3.60. The summed E-state index contributed by atoms with van der Waals surface area (Å²) >= 11 is 0. The van der Waals surface area contributed by atoms with Gasteiger partial charge < -0.3 is 10.5 Å². The Hall–Kier alpha value is -1.36. The van der Waals surface area contributed by atoms with Crippen LogP contribution in [0.2, 0.25) is 0 Å². The molecular formula is C11H15N3O2. The van der Waals surface area contributed by atoms with Crippen molar-refractivity contribution in [3.63, 3.8) is 0 Å². The van der Waals surface area contributed by atoms with E-state index in [9.17, 15) is 4.79 Å². The van der Waals surface area contributed by atoms with Gasteiger partial charge in [0.1, 0.15) is 5.54 Å². The molecule has 16 heavy (non-hydrogen) atoms. The van der Waals surface area contributed by atoms with Gasteiger partial charge in [-0.1, -0.05) is 0 Å². The van der Waals surface area contributed by atoms with E-state index in [1.165, 1.54) is 7.11 Å². The topological polar surface area (TPSA) is 81.0 Å². The van der Waals surface area contributed by atoms with Crippen LogP contribution in [0, 0.1) is 0 Å². The van der Waals surface area contributed by atoms with Crippen molar-refractivity contribution in [1.29, 1.82) is 0 Å². The highest BCUT2D eigenvalue weighted by Gasteiger charge is 2.48. The average molecular weight is 221 g/mol. The van der Waals surface area contributed by atoms with Crippen LogP contribution in [0.5, 0.6) is 0 Å². The molecule has 86 valence electrons. The average Bonchev–Trinajstić information content (AvgIpc) is 2.95. The van der Waals surface area contributed by atoms with Crippen molar-refractivity contribution in [2.45, 2.75) is 37.1 Å². The minimum Gasteiger partial charge on any atom is -0.467 e. The molecule has 0 aromatic carbocycles. The number of carbonyl (C=O) groups excluding carboxylic acids is 1. The summed E-state index contributed by atoms with van der Waals surface area (Å²) in [6, 6.07) is 0. The Bertz CT molecular complexity index is 450. The van der Waals surface area contributed by atoms with Gasteiger partial charge in [-0.25, -0.2) is 4.79 Å². The summed E-state index contributed by atoms with van der Waals surface area (Å²) in [5, 5.41) is 7.30. The summed E-state index contributed by atoms with van der Waals surface area (Å²) in [5.74, 6) is 0.139. The molecule has 1 aromatic rings. The van der Waals surface area contributed by atoms with E-state index in [0.29, 0.717) is 12.3 Å². The Morgan fingerprint density at radius 2 is 2.38 bits per heavy atom. The molecule has 1 heterocycles. The van der Waals surface area contributed by atoms with E-state index in [2.05, 4.69) is 10.2 Å². The van der Waals surface area contributed by atoms with Crippen LogP contribution < -0.4 is 5.73 Å². The molecule has 1 saturated carbocycles. The first kappa shape index (κ1) is 9.84. The molecule has 3 N–H and O–H groups in total. The highest BCUT2D eigenvalue weighted by Crippen LogP contribution is 2.47. The lowest BCUT2D eigenvalue weighted by Gasteiger charge is -2.21. The Kier molecular flexibility index (Phi) is 1.89. The lowest BCUT2D eigenvalue weighted by molar-refractivity contribution is -0.147. The van der Waals surface area contributed by atoms with Crippen molar-refractivity contribution >= 4 is 5.97 Å². The Labute approximate surface area is 93.4 Å². The quantitative estimate of drug-likeness (QED) is 0.715. The van der Waals surface area contributed by atoms with Gasteiger partial charge in [0.25, 0.3) is 0 Å². The third-order valence-electron chi connectivity index (χ3n) is 3.60. The Morgan fingerprint density at radius 1 is 1.62 bits per heavy atom. The number of nitrogens with zero attached hydrogens (tertiary/aromatic N) is 1. The first-order valence-corrected chi connectivity index (χ1v) is 5.61. The van der Waals surface area contributed by atoms with Gasteiger partial charge in [-0.15, -0.1) is 0 Å². The van der Waals surface area contributed by atoms with Crippen molar-refractivity contribution < 1.29 is 9.53 Å². The van der Waals surface area contributed by atoms with Crippen molar-refractivity contribution in [3.8, 4) is 0 Å². The number of ether oxygens (including phenoxy) is 1. The van der Waals surface area contributed by atoms with Crippen LogP contribution in [-0.4, -0.2) is 23.3 Å². The number of aromatic amines is 1. The van der Waals surface area contributed by atoms with Crippen molar-refractivity contribution in [3.05, 3.63) is 17.0 Å². The van der Waals surface area contributed by atoms with E-state index >= 15 is 0 Å². The highest BCUT2D eigenvalue weighted by atomic mass is 16.5. The molecule has 3 rings (SSSR count). The van der Waals surface area contributed by atoms with Gasteiger partial charge >= 0.3 is 5.97 Å². The zero-order valence-corrected chi connectivity index (χ0v) is 9.25. The molecule has 0 saturated heterocycles. The van der Waals surface area contributed by atoms with Gasteiger partial charge in [0.2, 0.25) is 0 Å². The number of fused-ring (bicyclic) bond motifs is 1. The number of carbonyl (C=O) groups is 1. The molecule has 1 atom stereocenters. The first-order valence-electron chi connectivity index (χ1n) is 5.61. The number of aryl methyl sites for hydroxylation is 1.